The van der Waals surface area contributed by atoms with Crippen molar-refractivity contribution >= 4 is 34.2 Å². The molecule has 1 amide bonds. The second kappa shape index (κ2) is 7.32. The molecule has 0 radical (unpaired) electrons. The Bertz CT molecular complexity index is 1190. The van der Waals surface area contributed by atoms with Crippen molar-refractivity contribution in [3.63, 3.8) is 0 Å². The summed E-state index contributed by atoms with van der Waals surface area (Å²) in [6, 6.07) is 14.9. The summed E-state index contributed by atoms with van der Waals surface area (Å²) in [5.41, 5.74) is 2.85. The van der Waals surface area contributed by atoms with Gasteiger partial charge < -0.3 is 5.32 Å². The van der Waals surface area contributed by atoms with Gasteiger partial charge in [0, 0.05) is 22.9 Å². The molecule has 0 aliphatic rings. The summed E-state index contributed by atoms with van der Waals surface area (Å²) >= 11 is 6.30. The molecule has 3 aromatic carbocycles. The number of carbonyl (C=O) groups is 1. The SMILES string of the molecule is O=C(Nc1ccc(Cl)c(-c2cnc3ccccc3n2)c1)c1cc(F)cc(F)c1. The summed E-state index contributed by atoms with van der Waals surface area (Å²) in [7, 11) is 0. The van der Waals surface area contributed by atoms with E-state index in [1.165, 1.54) is 0 Å². The highest BCUT2D eigenvalue weighted by atomic mass is 35.5. The first-order valence-corrected chi connectivity index (χ1v) is 8.66. The van der Waals surface area contributed by atoms with Crippen LogP contribution in [-0.2, 0) is 0 Å². The molecule has 0 spiro atoms. The van der Waals surface area contributed by atoms with Gasteiger partial charge >= 0.3 is 0 Å². The molecule has 0 saturated heterocycles. The molecule has 4 nitrogen and oxygen atoms in total. The predicted octanol–water partition coefficient (Wildman–Crippen LogP) is 5.48. The molecular formula is C21H12ClF2N3O. The van der Waals surface area contributed by atoms with Crippen molar-refractivity contribution in [1.29, 1.82) is 0 Å². The average Bonchev–Trinajstić information content (AvgIpc) is 2.68. The number of rotatable bonds is 3. The Kier molecular flexibility index (Phi) is 4.71. The quantitative estimate of drug-likeness (QED) is 0.499. The first-order valence-electron chi connectivity index (χ1n) is 8.29. The normalized spacial score (nSPS) is 10.8. The maximum Gasteiger partial charge on any atom is 0.255 e. The topological polar surface area (TPSA) is 54.9 Å². The fourth-order valence-electron chi connectivity index (χ4n) is 2.77. The van der Waals surface area contributed by atoms with Gasteiger partial charge in [0.2, 0.25) is 0 Å². The smallest absolute Gasteiger partial charge is 0.255 e. The Balaban J connectivity index is 1.67. The summed E-state index contributed by atoms with van der Waals surface area (Å²) < 4.78 is 26.7. The number of fused-ring (bicyclic) bond motifs is 1. The van der Waals surface area contributed by atoms with E-state index in [-0.39, 0.29) is 5.56 Å². The number of halogens is 3. The molecule has 4 aromatic rings. The Labute approximate surface area is 163 Å². The van der Waals surface area contributed by atoms with Crippen molar-refractivity contribution in [2.24, 2.45) is 0 Å². The van der Waals surface area contributed by atoms with Gasteiger partial charge in [-0.15, -0.1) is 0 Å². The molecule has 0 bridgehead atoms. The monoisotopic (exact) mass is 395 g/mol. The highest BCUT2D eigenvalue weighted by Crippen LogP contribution is 2.30. The molecule has 0 saturated carbocycles. The molecule has 0 aliphatic heterocycles. The van der Waals surface area contributed by atoms with Gasteiger partial charge in [-0.25, -0.2) is 13.8 Å². The molecule has 0 atom stereocenters. The Hall–Kier alpha value is -3.38. The van der Waals surface area contributed by atoms with Gasteiger partial charge in [-0.1, -0.05) is 23.7 Å². The second-order valence-corrected chi connectivity index (χ2v) is 6.46. The maximum atomic E-state index is 13.3. The fourth-order valence-corrected chi connectivity index (χ4v) is 2.99. The van der Waals surface area contributed by atoms with Gasteiger partial charge in [0.25, 0.3) is 5.91 Å². The van der Waals surface area contributed by atoms with Crippen LogP contribution < -0.4 is 5.32 Å². The summed E-state index contributed by atoms with van der Waals surface area (Å²) in [6.07, 6.45) is 1.59. The van der Waals surface area contributed by atoms with Crippen molar-refractivity contribution in [2.75, 3.05) is 5.32 Å². The summed E-state index contributed by atoms with van der Waals surface area (Å²) in [4.78, 5) is 21.2. The van der Waals surface area contributed by atoms with Crippen molar-refractivity contribution in [3.05, 3.63) is 89.1 Å². The van der Waals surface area contributed by atoms with E-state index >= 15 is 0 Å². The van der Waals surface area contributed by atoms with Crippen LogP contribution in [0.5, 0.6) is 0 Å². The van der Waals surface area contributed by atoms with E-state index < -0.39 is 17.5 Å². The van der Waals surface area contributed by atoms with Crippen LogP contribution in [0.1, 0.15) is 10.4 Å². The molecule has 4 rings (SSSR count). The van der Waals surface area contributed by atoms with Crippen LogP contribution in [0.25, 0.3) is 22.3 Å². The van der Waals surface area contributed by atoms with Crippen molar-refractivity contribution in [3.8, 4) is 11.3 Å². The van der Waals surface area contributed by atoms with Crippen LogP contribution in [-0.4, -0.2) is 15.9 Å². The van der Waals surface area contributed by atoms with E-state index in [0.29, 0.717) is 33.6 Å². The largest absolute Gasteiger partial charge is 0.322 e. The molecule has 1 N–H and O–H groups in total. The lowest BCUT2D eigenvalue weighted by Crippen LogP contribution is -2.12. The molecule has 0 unspecified atom stereocenters. The number of carbonyl (C=O) groups excluding carboxylic acids is 1. The number of hydrogen-bond acceptors (Lipinski definition) is 3. The Morgan fingerprint density at radius 2 is 1.64 bits per heavy atom. The van der Waals surface area contributed by atoms with E-state index in [0.717, 1.165) is 17.6 Å². The van der Waals surface area contributed by atoms with E-state index in [1.807, 2.05) is 24.3 Å². The zero-order chi connectivity index (χ0) is 19.7. The van der Waals surface area contributed by atoms with Gasteiger partial charge in [0.15, 0.2) is 0 Å². The van der Waals surface area contributed by atoms with Crippen molar-refractivity contribution in [2.45, 2.75) is 0 Å². The highest BCUT2D eigenvalue weighted by molar-refractivity contribution is 6.33. The molecule has 0 fully saturated rings. The van der Waals surface area contributed by atoms with Gasteiger partial charge in [-0.3, -0.25) is 9.78 Å². The first kappa shape index (κ1) is 18.0. The molecule has 28 heavy (non-hydrogen) atoms. The number of nitrogens with zero attached hydrogens (tertiary/aromatic N) is 2. The standard InChI is InChI=1S/C21H12ClF2N3O/c22-17-6-5-15(26-21(28)12-7-13(23)9-14(24)8-12)10-16(17)20-11-25-18-3-1-2-4-19(18)27-20/h1-11H,(H,26,28). The molecule has 0 aliphatic carbocycles. The van der Waals surface area contributed by atoms with Crippen LogP contribution in [0.3, 0.4) is 0 Å². The zero-order valence-electron chi connectivity index (χ0n) is 14.3. The van der Waals surface area contributed by atoms with Crippen LogP contribution in [0.15, 0.2) is 66.9 Å². The Morgan fingerprint density at radius 3 is 2.39 bits per heavy atom. The second-order valence-electron chi connectivity index (χ2n) is 6.05. The van der Waals surface area contributed by atoms with Gasteiger partial charge in [0.05, 0.1) is 27.9 Å². The summed E-state index contributed by atoms with van der Waals surface area (Å²) in [5.74, 6) is -2.29. The van der Waals surface area contributed by atoms with Gasteiger partial charge in [-0.05, 0) is 42.5 Å². The number of aromatic nitrogens is 2. The van der Waals surface area contributed by atoms with Gasteiger partial charge in [0.1, 0.15) is 11.6 Å². The van der Waals surface area contributed by atoms with Crippen LogP contribution in [0, 0.1) is 11.6 Å². The third kappa shape index (κ3) is 3.68. The van der Waals surface area contributed by atoms with Crippen molar-refractivity contribution < 1.29 is 13.6 Å². The molecular weight excluding hydrogens is 384 g/mol. The van der Waals surface area contributed by atoms with Crippen LogP contribution in [0.4, 0.5) is 14.5 Å². The summed E-state index contributed by atoms with van der Waals surface area (Å²) in [5, 5.41) is 3.04. The average molecular weight is 396 g/mol. The Morgan fingerprint density at radius 1 is 0.929 bits per heavy atom. The lowest BCUT2D eigenvalue weighted by atomic mass is 10.1. The number of benzene rings is 3. The third-order valence-corrected chi connectivity index (χ3v) is 4.40. The lowest BCUT2D eigenvalue weighted by molar-refractivity contribution is 0.102. The number of para-hydroxylation sites is 2. The lowest BCUT2D eigenvalue weighted by Gasteiger charge is -2.10. The minimum absolute atomic E-state index is 0.125. The molecule has 138 valence electrons. The first-order chi connectivity index (χ1) is 13.5. The van der Waals surface area contributed by atoms with Crippen molar-refractivity contribution in [1.82, 2.24) is 9.97 Å². The number of nitrogens with one attached hydrogen (secondary N) is 1. The number of amides is 1. The maximum absolute atomic E-state index is 13.3. The molecule has 7 heteroatoms. The van der Waals surface area contributed by atoms with Gasteiger partial charge in [-0.2, -0.15) is 0 Å². The number of anilines is 1. The summed E-state index contributed by atoms with van der Waals surface area (Å²) in [6.45, 7) is 0. The molecule has 1 heterocycles. The zero-order valence-corrected chi connectivity index (χ0v) is 15.0. The fraction of sp³-hybridized carbons (Fsp3) is 0. The van der Waals surface area contributed by atoms with E-state index in [4.69, 9.17) is 11.6 Å². The molecule has 1 aromatic heterocycles. The minimum Gasteiger partial charge on any atom is -0.322 e. The third-order valence-electron chi connectivity index (χ3n) is 4.07. The minimum atomic E-state index is -0.826. The number of hydrogen-bond donors (Lipinski definition) is 1. The van der Waals surface area contributed by atoms with Crippen LogP contribution in [0.2, 0.25) is 5.02 Å². The van der Waals surface area contributed by atoms with E-state index in [2.05, 4.69) is 15.3 Å². The van der Waals surface area contributed by atoms with Crippen LogP contribution >= 0.6 is 11.6 Å². The van der Waals surface area contributed by atoms with E-state index in [9.17, 15) is 13.6 Å². The predicted molar refractivity (Wildman–Crippen MR) is 104 cm³/mol. The van der Waals surface area contributed by atoms with E-state index in [1.54, 1.807) is 24.4 Å². The highest BCUT2D eigenvalue weighted by Gasteiger charge is 2.12.